The van der Waals surface area contributed by atoms with Gasteiger partial charge in [-0.2, -0.15) is 4.98 Å². The molecule has 1 aliphatic rings. The van der Waals surface area contributed by atoms with E-state index in [1.54, 1.807) is 6.26 Å². The van der Waals surface area contributed by atoms with Crippen molar-refractivity contribution in [1.82, 2.24) is 10.3 Å². The van der Waals surface area contributed by atoms with Crippen molar-refractivity contribution >= 4 is 6.01 Å². The highest BCUT2D eigenvalue weighted by molar-refractivity contribution is 5.28. The number of aromatic nitrogens is 1. The quantitative estimate of drug-likeness (QED) is 0.887. The average molecular weight is 265 g/mol. The number of hydrogen-bond donors (Lipinski definition) is 1. The maximum absolute atomic E-state index is 5.61. The number of nitrogens with one attached hydrogen (secondary N) is 1. The summed E-state index contributed by atoms with van der Waals surface area (Å²) in [7, 11) is 0. The minimum atomic E-state index is 0.473. The maximum atomic E-state index is 5.61. The maximum Gasteiger partial charge on any atom is 0.297 e. The first-order valence-electron chi connectivity index (χ1n) is 7.45. The predicted molar refractivity (Wildman–Crippen MR) is 78.3 cm³/mol. The Morgan fingerprint density at radius 3 is 2.68 bits per heavy atom. The molecule has 0 bridgehead atoms. The molecule has 4 nitrogen and oxygen atoms in total. The third-order valence-electron chi connectivity index (χ3n) is 4.33. The second-order valence-electron chi connectivity index (χ2n) is 6.31. The third-order valence-corrected chi connectivity index (χ3v) is 4.33. The van der Waals surface area contributed by atoms with Gasteiger partial charge in [0.05, 0.1) is 5.69 Å². The molecule has 1 fully saturated rings. The topological polar surface area (TPSA) is 41.3 Å². The molecule has 2 heterocycles. The van der Waals surface area contributed by atoms with Crippen molar-refractivity contribution in [1.29, 1.82) is 0 Å². The number of rotatable bonds is 5. The summed E-state index contributed by atoms with van der Waals surface area (Å²) in [5.41, 5.74) is 1.50. The zero-order valence-electron chi connectivity index (χ0n) is 12.7. The van der Waals surface area contributed by atoms with Crippen molar-refractivity contribution in [2.24, 2.45) is 5.41 Å². The summed E-state index contributed by atoms with van der Waals surface area (Å²) in [5.74, 6) is 0. The van der Waals surface area contributed by atoms with Crippen LogP contribution in [0.25, 0.3) is 0 Å². The zero-order chi connectivity index (χ0) is 13.9. The van der Waals surface area contributed by atoms with E-state index in [2.05, 4.69) is 42.9 Å². The molecule has 1 saturated heterocycles. The molecule has 0 saturated carbocycles. The molecule has 2 rings (SSSR count). The Hall–Kier alpha value is -1.03. The fourth-order valence-corrected chi connectivity index (χ4v) is 2.42. The molecule has 0 amide bonds. The van der Waals surface area contributed by atoms with E-state index in [1.165, 1.54) is 19.3 Å². The molecule has 0 aliphatic carbocycles. The van der Waals surface area contributed by atoms with Crippen LogP contribution in [-0.2, 0) is 6.54 Å². The minimum Gasteiger partial charge on any atom is -0.432 e. The summed E-state index contributed by atoms with van der Waals surface area (Å²) in [6.45, 7) is 11.8. The zero-order valence-corrected chi connectivity index (χ0v) is 12.7. The Bertz CT molecular complexity index is 392. The van der Waals surface area contributed by atoms with Gasteiger partial charge in [0.15, 0.2) is 0 Å². The van der Waals surface area contributed by atoms with Crippen LogP contribution in [0.1, 0.15) is 52.7 Å². The summed E-state index contributed by atoms with van der Waals surface area (Å²) in [6.07, 6.45) is 5.49. The number of piperidine rings is 1. The van der Waals surface area contributed by atoms with Gasteiger partial charge in [0, 0.05) is 25.7 Å². The van der Waals surface area contributed by atoms with Crippen molar-refractivity contribution in [3.8, 4) is 0 Å². The highest BCUT2D eigenvalue weighted by atomic mass is 16.4. The standard InChI is InChI=1S/C15H27N3O/c1-5-15(4)6-8-18(9-7-15)14-17-13(11-19-14)10-16-12(2)3/h11-12,16H,5-10H2,1-4H3. The first kappa shape index (κ1) is 14.4. The average Bonchev–Trinajstić information content (AvgIpc) is 2.86. The number of hydrogen-bond acceptors (Lipinski definition) is 4. The molecular weight excluding hydrogens is 238 g/mol. The van der Waals surface area contributed by atoms with Crippen molar-refractivity contribution in [3.63, 3.8) is 0 Å². The second-order valence-corrected chi connectivity index (χ2v) is 6.31. The van der Waals surface area contributed by atoms with E-state index in [0.717, 1.165) is 31.3 Å². The van der Waals surface area contributed by atoms with Crippen molar-refractivity contribution in [2.75, 3.05) is 18.0 Å². The molecule has 19 heavy (non-hydrogen) atoms. The van der Waals surface area contributed by atoms with Gasteiger partial charge in [-0.15, -0.1) is 0 Å². The molecule has 0 aromatic carbocycles. The van der Waals surface area contributed by atoms with Crippen LogP contribution in [-0.4, -0.2) is 24.1 Å². The molecule has 0 spiro atoms. The second kappa shape index (κ2) is 5.95. The van der Waals surface area contributed by atoms with Gasteiger partial charge >= 0.3 is 0 Å². The van der Waals surface area contributed by atoms with Gasteiger partial charge in [0.25, 0.3) is 6.01 Å². The molecule has 1 aromatic heterocycles. The van der Waals surface area contributed by atoms with Gasteiger partial charge < -0.3 is 14.6 Å². The minimum absolute atomic E-state index is 0.473. The predicted octanol–water partition coefficient (Wildman–Crippen LogP) is 3.19. The van der Waals surface area contributed by atoms with Crippen molar-refractivity contribution < 1.29 is 4.42 Å². The first-order chi connectivity index (χ1) is 9.02. The van der Waals surface area contributed by atoms with Crippen LogP contribution in [0.5, 0.6) is 0 Å². The lowest BCUT2D eigenvalue weighted by molar-refractivity contribution is 0.233. The molecule has 1 N–H and O–H groups in total. The largest absolute Gasteiger partial charge is 0.432 e. The highest BCUT2D eigenvalue weighted by Gasteiger charge is 2.29. The number of oxazole rings is 1. The fourth-order valence-electron chi connectivity index (χ4n) is 2.42. The van der Waals surface area contributed by atoms with Gasteiger partial charge in [-0.25, -0.2) is 0 Å². The van der Waals surface area contributed by atoms with Crippen LogP contribution >= 0.6 is 0 Å². The Balaban J connectivity index is 1.89. The Morgan fingerprint density at radius 1 is 1.42 bits per heavy atom. The lowest BCUT2D eigenvalue weighted by Gasteiger charge is -2.38. The highest BCUT2D eigenvalue weighted by Crippen LogP contribution is 2.35. The first-order valence-corrected chi connectivity index (χ1v) is 7.45. The van der Waals surface area contributed by atoms with Gasteiger partial charge in [0.2, 0.25) is 0 Å². The monoisotopic (exact) mass is 265 g/mol. The van der Waals surface area contributed by atoms with E-state index < -0.39 is 0 Å². The molecule has 108 valence electrons. The lowest BCUT2D eigenvalue weighted by atomic mass is 9.78. The SMILES string of the molecule is CCC1(C)CCN(c2nc(CNC(C)C)co2)CC1. The molecule has 0 radical (unpaired) electrons. The van der Waals surface area contributed by atoms with E-state index in [0.29, 0.717) is 11.5 Å². The van der Waals surface area contributed by atoms with Gasteiger partial charge in [0.1, 0.15) is 6.26 Å². The van der Waals surface area contributed by atoms with E-state index in [4.69, 9.17) is 4.42 Å². The summed E-state index contributed by atoms with van der Waals surface area (Å²) in [4.78, 5) is 6.85. The third kappa shape index (κ3) is 3.72. The van der Waals surface area contributed by atoms with E-state index in [1.807, 2.05) is 0 Å². The Morgan fingerprint density at radius 2 is 2.11 bits per heavy atom. The van der Waals surface area contributed by atoms with Crippen LogP contribution in [0.4, 0.5) is 6.01 Å². The fraction of sp³-hybridized carbons (Fsp3) is 0.800. The summed E-state index contributed by atoms with van der Waals surface area (Å²) in [5, 5.41) is 3.36. The number of anilines is 1. The molecule has 0 unspecified atom stereocenters. The molecule has 4 heteroatoms. The Kier molecular flexibility index (Phi) is 4.50. The Labute approximate surface area is 116 Å². The van der Waals surface area contributed by atoms with Crippen LogP contribution in [0.15, 0.2) is 10.7 Å². The van der Waals surface area contributed by atoms with Gasteiger partial charge in [-0.1, -0.05) is 34.1 Å². The van der Waals surface area contributed by atoms with Crippen LogP contribution < -0.4 is 10.2 Å². The summed E-state index contributed by atoms with van der Waals surface area (Å²) >= 11 is 0. The normalized spacial score (nSPS) is 19.1. The van der Waals surface area contributed by atoms with E-state index >= 15 is 0 Å². The van der Waals surface area contributed by atoms with Gasteiger partial charge in [-0.3, -0.25) is 0 Å². The molecular formula is C15H27N3O. The van der Waals surface area contributed by atoms with Crippen molar-refractivity contribution in [3.05, 3.63) is 12.0 Å². The van der Waals surface area contributed by atoms with Gasteiger partial charge in [-0.05, 0) is 18.3 Å². The number of nitrogens with zero attached hydrogens (tertiary/aromatic N) is 2. The smallest absolute Gasteiger partial charge is 0.297 e. The summed E-state index contributed by atoms with van der Waals surface area (Å²) in [6, 6.07) is 1.26. The van der Waals surface area contributed by atoms with Crippen LogP contribution in [0.2, 0.25) is 0 Å². The van der Waals surface area contributed by atoms with E-state index in [-0.39, 0.29) is 0 Å². The molecule has 1 aliphatic heterocycles. The van der Waals surface area contributed by atoms with Crippen LogP contribution in [0.3, 0.4) is 0 Å². The van der Waals surface area contributed by atoms with E-state index in [9.17, 15) is 0 Å². The van der Waals surface area contributed by atoms with Crippen molar-refractivity contribution in [2.45, 2.75) is 59.5 Å². The molecule has 0 atom stereocenters. The lowest BCUT2D eigenvalue weighted by Crippen LogP contribution is -2.38. The summed E-state index contributed by atoms with van der Waals surface area (Å²) < 4.78 is 5.61. The van der Waals surface area contributed by atoms with Crippen LogP contribution in [0, 0.1) is 5.41 Å². The molecule has 1 aromatic rings.